The number of benzene rings is 1. The predicted octanol–water partition coefficient (Wildman–Crippen LogP) is 2.55. The molecule has 1 heterocycles. The second-order valence-electron chi connectivity index (χ2n) is 5.07. The summed E-state index contributed by atoms with van der Waals surface area (Å²) in [5.74, 6) is -1.53. The molecule has 1 aromatic carbocycles. The fourth-order valence-corrected chi connectivity index (χ4v) is 3.31. The molecule has 1 N–H and O–H groups in total. The molecule has 0 aliphatic carbocycles. The van der Waals surface area contributed by atoms with Crippen LogP contribution in [0.1, 0.15) is 18.4 Å². The average Bonchev–Trinajstić information content (AvgIpc) is 2.45. The third-order valence-corrected chi connectivity index (χ3v) is 4.79. The Labute approximate surface area is 125 Å². The van der Waals surface area contributed by atoms with Crippen LogP contribution >= 0.6 is 0 Å². The van der Waals surface area contributed by atoms with E-state index < -0.39 is 32.5 Å². The van der Waals surface area contributed by atoms with E-state index in [1.807, 2.05) is 0 Å². The Bertz CT molecular complexity index is 625. The van der Waals surface area contributed by atoms with Crippen LogP contribution in [0.3, 0.4) is 0 Å². The normalized spacial score (nSPS) is 20.1. The van der Waals surface area contributed by atoms with Gasteiger partial charge in [-0.1, -0.05) is 0 Å². The maximum atomic E-state index is 13.2. The summed E-state index contributed by atoms with van der Waals surface area (Å²) in [4.78, 5) is -0.613. The van der Waals surface area contributed by atoms with Crippen molar-refractivity contribution in [3.8, 4) is 0 Å². The minimum absolute atomic E-state index is 0.0222. The van der Waals surface area contributed by atoms with Gasteiger partial charge in [0.25, 0.3) is 0 Å². The number of rotatable bonds is 4. The average molecular weight is 341 g/mol. The van der Waals surface area contributed by atoms with Crippen molar-refractivity contribution in [2.75, 3.05) is 19.8 Å². The van der Waals surface area contributed by atoms with Gasteiger partial charge in [-0.15, -0.1) is 0 Å². The molecule has 4 nitrogen and oxygen atoms in total. The van der Waals surface area contributed by atoms with E-state index in [4.69, 9.17) is 4.74 Å². The van der Waals surface area contributed by atoms with Crippen LogP contribution in [0.25, 0.3) is 0 Å². The molecule has 0 radical (unpaired) electrons. The Morgan fingerprint density at radius 3 is 2.64 bits per heavy atom. The van der Waals surface area contributed by atoms with Gasteiger partial charge in [-0.05, 0) is 37.0 Å². The molecule has 0 spiro atoms. The van der Waals surface area contributed by atoms with Crippen LogP contribution in [-0.4, -0.2) is 28.2 Å². The number of nitrogens with one attached hydrogen (secondary N) is 1. The molecule has 1 fully saturated rings. The summed E-state index contributed by atoms with van der Waals surface area (Å²) in [5, 5.41) is 0. The Morgan fingerprint density at radius 2 is 2.05 bits per heavy atom. The fraction of sp³-hybridized carbons (Fsp3) is 0.538. The highest BCUT2D eigenvalue weighted by Gasteiger charge is 2.35. The molecule has 0 saturated carbocycles. The van der Waals surface area contributed by atoms with Crippen LogP contribution in [0.2, 0.25) is 0 Å². The first-order valence-corrected chi connectivity index (χ1v) is 8.12. The third kappa shape index (κ3) is 4.17. The van der Waals surface area contributed by atoms with Gasteiger partial charge in [0.2, 0.25) is 10.0 Å². The van der Waals surface area contributed by atoms with Gasteiger partial charge in [-0.25, -0.2) is 17.5 Å². The third-order valence-electron chi connectivity index (χ3n) is 3.37. The number of alkyl halides is 3. The number of halogens is 4. The van der Waals surface area contributed by atoms with Crippen LogP contribution in [0.15, 0.2) is 23.1 Å². The van der Waals surface area contributed by atoms with Crippen molar-refractivity contribution in [2.45, 2.75) is 23.9 Å². The van der Waals surface area contributed by atoms with Crippen molar-refractivity contribution in [1.29, 1.82) is 0 Å². The minimum atomic E-state index is -4.95. The van der Waals surface area contributed by atoms with Gasteiger partial charge in [0.1, 0.15) is 5.82 Å². The summed E-state index contributed by atoms with van der Waals surface area (Å²) in [6, 6.07) is 1.61. The molecule has 0 unspecified atom stereocenters. The molecule has 1 aromatic rings. The van der Waals surface area contributed by atoms with Gasteiger partial charge in [-0.3, -0.25) is 0 Å². The van der Waals surface area contributed by atoms with E-state index in [9.17, 15) is 26.0 Å². The van der Waals surface area contributed by atoms with E-state index in [0.717, 1.165) is 18.9 Å². The zero-order valence-electron chi connectivity index (χ0n) is 11.5. The summed E-state index contributed by atoms with van der Waals surface area (Å²) in [6.07, 6.45) is -3.37. The van der Waals surface area contributed by atoms with Gasteiger partial charge in [0.15, 0.2) is 0 Å². The minimum Gasteiger partial charge on any atom is -0.381 e. The highest BCUT2D eigenvalue weighted by Crippen LogP contribution is 2.32. The lowest BCUT2D eigenvalue weighted by Crippen LogP contribution is -2.33. The Morgan fingerprint density at radius 1 is 1.32 bits per heavy atom. The highest BCUT2D eigenvalue weighted by molar-refractivity contribution is 7.89. The topological polar surface area (TPSA) is 55.4 Å². The van der Waals surface area contributed by atoms with Crippen LogP contribution < -0.4 is 4.72 Å². The maximum Gasteiger partial charge on any atom is 0.419 e. The van der Waals surface area contributed by atoms with Gasteiger partial charge < -0.3 is 4.74 Å². The van der Waals surface area contributed by atoms with E-state index in [2.05, 4.69) is 4.72 Å². The Kier molecular flexibility index (Phi) is 5.08. The highest BCUT2D eigenvalue weighted by atomic mass is 32.2. The summed E-state index contributed by atoms with van der Waals surface area (Å²) in [5.41, 5.74) is -1.60. The van der Waals surface area contributed by atoms with Gasteiger partial charge in [0.05, 0.1) is 17.1 Å². The molecule has 22 heavy (non-hydrogen) atoms. The van der Waals surface area contributed by atoms with Crippen LogP contribution in [0.4, 0.5) is 17.6 Å². The van der Waals surface area contributed by atoms with Crippen LogP contribution in [0.5, 0.6) is 0 Å². The first-order valence-electron chi connectivity index (χ1n) is 6.64. The lowest BCUT2D eigenvalue weighted by Gasteiger charge is -2.22. The molecular formula is C13H15F4NO3S. The predicted molar refractivity (Wildman–Crippen MR) is 70.1 cm³/mol. The monoisotopic (exact) mass is 341 g/mol. The van der Waals surface area contributed by atoms with E-state index >= 15 is 0 Å². The number of sulfonamides is 1. The van der Waals surface area contributed by atoms with Crippen molar-refractivity contribution in [1.82, 2.24) is 4.72 Å². The van der Waals surface area contributed by atoms with Crippen molar-refractivity contribution < 1.29 is 30.7 Å². The largest absolute Gasteiger partial charge is 0.419 e. The lowest BCUT2D eigenvalue weighted by molar-refractivity contribution is -0.140. The lowest BCUT2D eigenvalue weighted by atomic mass is 10.0. The molecule has 1 aliphatic rings. The van der Waals surface area contributed by atoms with E-state index in [-0.39, 0.29) is 12.5 Å². The molecule has 9 heteroatoms. The number of hydrogen-bond donors (Lipinski definition) is 1. The quantitative estimate of drug-likeness (QED) is 0.857. The summed E-state index contributed by atoms with van der Waals surface area (Å²) in [7, 11) is -4.13. The second kappa shape index (κ2) is 6.51. The summed E-state index contributed by atoms with van der Waals surface area (Å²) in [6.45, 7) is 1.09. The molecule has 124 valence electrons. The molecular weight excluding hydrogens is 326 g/mol. The number of hydrogen-bond acceptors (Lipinski definition) is 3. The van der Waals surface area contributed by atoms with Gasteiger partial charge in [0, 0.05) is 13.2 Å². The molecule has 0 bridgehead atoms. The number of ether oxygens (including phenoxy) is 1. The maximum absolute atomic E-state index is 13.2. The molecule has 0 amide bonds. The first kappa shape index (κ1) is 17.2. The van der Waals surface area contributed by atoms with Crippen molar-refractivity contribution in [2.24, 2.45) is 5.92 Å². The van der Waals surface area contributed by atoms with E-state index in [1.165, 1.54) is 0 Å². The first-order chi connectivity index (χ1) is 10.2. The zero-order valence-corrected chi connectivity index (χ0v) is 12.3. The Hall–Kier alpha value is -1.19. The molecule has 1 atom stereocenters. The summed E-state index contributed by atoms with van der Waals surface area (Å²) < 4.78 is 82.5. The van der Waals surface area contributed by atoms with E-state index in [1.54, 1.807) is 0 Å². The van der Waals surface area contributed by atoms with Gasteiger partial charge in [-0.2, -0.15) is 13.2 Å². The molecule has 2 rings (SSSR count). The zero-order chi connectivity index (χ0) is 16.4. The van der Waals surface area contributed by atoms with E-state index in [0.29, 0.717) is 25.3 Å². The van der Waals surface area contributed by atoms with Gasteiger partial charge >= 0.3 is 6.18 Å². The van der Waals surface area contributed by atoms with Crippen molar-refractivity contribution in [3.63, 3.8) is 0 Å². The standard InChI is InChI=1S/C13H15F4NO3S/c14-12-4-3-10(6-11(12)13(15,16)17)22(19,20)18-7-9-2-1-5-21-8-9/h3-4,6,9,18H,1-2,5,7-8H2/t9-/m1/s1. The fourth-order valence-electron chi connectivity index (χ4n) is 2.17. The molecule has 1 aliphatic heterocycles. The summed E-state index contributed by atoms with van der Waals surface area (Å²) >= 11 is 0. The second-order valence-corrected chi connectivity index (χ2v) is 6.84. The van der Waals surface area contributed by atoms with Crippen LogP contribution in [0, 0.1) is 11.7 Å². The Balaban J connectivity index is 2.15. The van der Waals surface area contributed by atoms with Crippen molar-refractivity contribution >= 4 is 10.0 Å². The smallest absolute Gasteiger partial charge is 0.381 e. The van der Waals surface area contributed by atoms with Crippen LogP contribution in [-0.2, 0) is 20.9 Å². The SMILES string of the molecule is O=S(=O)(NC[C@H]1CCCOC1)c1ccc(F)c(C(F)(F)F)c1. The molecule has 1 saturated heterocycles. The van der Waals surface area contributed by atoms with Crippen molar-refractivity contribution in [3.05, 3.63) is 29.6 Å². The molecule has 0 aromatic heterocycles.